The van der Waals surface area contributed by atoms with Crippen molar-refractivity contribution in [1.29, 1.82) is 0 Å². The van der Waals surface area contributed by atoms with E-state index in [1.807, 2.05) is 58.9 Å². The van der Waals surface area contributed by atoms with Gasteiger partial charge in [0.05, 0.1) is 12.1 Å². The molecular weight excluding hydrogens is 552 g/mol. The van der Waals surface area contributed by atoms with Crippen molar-refractivity contribution in [3.05, 3.63) is 81.5 Å². The first-order valence-corrected chi connectivity index (χ1v) is 15.1. The Balaban J connectivity index is 1.38. The fourth-order valence-corrected chi connectivity index (χ4v) is 6.98. The average molecular weight is 591 g/mol. The predicted molar refractivity (Wildman–Crippen MR) is 162 cm³/mol. The number of likely N-dealkylation sites (tertiary alicyclic amines) is 1. The van der Waals surface area contributed by atoms with Crippen LogP contribution in [0.2, 0.25) is 0 Å². The summed E-state index contributed by atoms with van der Waals surface area (Å²) in [5, 5.41) is 11.0. The number of hydrogen-bond acceptors (Lipinski definition) is 6. The van der Waals surface area contributed by atoms with E-state index in [0.717, 1.165) is 27.1 Å². The van der Waals surface area contributed by atoms with Gasteiger partial charge in [-0.2, -0.15) is 0 Å². The summed E-state index contributed by atoms with van der Waals surface area (Å²) in [5.41, 5.74) is 3.69. The van der Waals surface area contributed by atoms with Gasteiger partial charge in [-0.1, -0.05) is 62.4 Å². The Labute approximate surface area is 250 Å². The Morgan fingerprint density at radius 1 is 1.05 bits per heavy atom. The van der Waals surface area contributed by atoms with E-state index < -0.39 is 23.1 Å². The van der Waals surface area contributed by atoms with Gasteiger partial charge in [-0.25, -0.2) is 14.4 Å². The minimum absolute atomic E-state index is 0.0782. The van der Waals surface area contributed by atoms with Gasteiger partial charge in [0.2, 0.25) is 0 Å². The lowest BCUT2D eigenvalue weighted by Crippen LogP contribution is -2.58. The molecule has 1 aromatic heterocycles. The number of benzene rings is 2. The molecule has 5 rings (SSSR count). The van der Waals surface area contributed by atoms with Crippen LogP contribution in [0.1, 0.15) is 73.3 Å². The number of hydrogen-bond donors (Lipinski definition) is 1. The second-order valence-electron chi connectivity index (χ2n) is 12.7. The van der Waals surface area contributed by atoms with Crippen molar-refractivity contribution in [2.24, 2.45) is 5.41 Å². The molecule has 0 spiro atoms. The Kier molecular flexibility index (Phi) is 8.07. The van der Waals surface area contributed by atoms with Crippen molar-refractivity contribution >= 4 is 29.5 Å². The first-order valence-electron chi connectivity index (χ1n) is 14.2. The van der Waals surface area contributed by atoms with Crippen LogP contribution in [0.25, 0.3) is 11.1 Å². The SMILES string of the molecule is CC(C)(C)OC(=O)N1CCC(N(Cc2cc(C(=O)O)cs2)C(=O)OCC2c3ccccc3-c3ccccc32)C(C)(C)C1. The molecule has 0 radical (unpaired) electrons. The maximum atomic E-state index is 13.9. The van der Waals surface area contributed by atoms with Crippen molar-refractivity contribution in [2.75, 3.05) is 19.7 Å². The third kappa shape index (κ3) is 6.16. The molecule has 1 unspecified atom stereocenters. The van der Waals surface area contributed by atoms with Crippen molar-refractivity contribution in [1.82, 2.24) is 9.80 Å². The lowest BCUT2D eigenvalue weighted by Gasteiger charge is -2.48. The lowest BCUT2D eigenvalue weighted by molar-refractivity contribution is -0.0214. The molecule has 2 amide bonds. The van der Waals surface area contributed by atoms with E-state index in [9.17, 15) is 19.5 Å². The smallest absolute Gasteiger partial charge is 0.410 e. The number of fused-ring (bicyclic) bond motifs is 3. The highest BCUT2D eigenvalue weighted by Crippen LogP contribution is 2.45. The number of piperidine rings is 1. The number of amides is 2. The molecule has 1 aliphatic heterocycles. The molecule has 0 saturated carbocycles. The standard InChI is InChI=1S/C33H38N2O6S/c1-32(2,3)41-30(38)34-15-14-28(33(4,5)20-34)35(17-22-16-21(19-42-22)29(36)37)31(39)40-18-27-25-12-8-6-10-23(25)24-11-7-9-13-26(24)27/h6-13,16,19,27-28H,14-15,17-18,20H2,1-5H3,(H,36,37). The molecule has 42 heavy (non-hydrogen) atoms. The first-order chi connectivity index (χ1) is 19.8. The zero-order valence-corrected chi connectivity index (χ0v) is 25.6. The van der Waals surface area contributed by atoms with Gasteiger partial charge in [0.1, 0.15) is 12.2 Å². The second kappa shape index (κ2) is 11.4. The summed E-state index contributed by atoms with van der Waals surface area (Å²) in [6, 6.07) is 17.8. The second-order valence-corrected chi connectivity index (χ2v) is 13.7. The summed E-state index contributed by atoms with van der Waals surface area (Å²) in [6.45, 7) is 10.8. The largest absolute Gasteiger partial charge is 0.478 e. The van der Waals surface area contributed by atoms with E-state index >= 15 is 0 Å². The molecule has 0 bridgehead atoms. The van der Waals surface area contributed by atoms with Crippen LogP contribution in [-0.4, -0.2) is 64.4 Å². The van der Waals surface area contributed by atoms with E-state index in [1.165, 1.54) is 11.3 Å². The summed E-state index contributed by atoms with van der Waals surface area (Å²) >= 11 is 1.31. The van der Waals surface area contributed by atoms with Crippen LogP contribution in [-0.2, 0) is 16.0 Å². The van der Waals surface area contributed by atoms with E-state index in [1.54, 1.807) is 21.2 Å². The minimum Gasteiger partial charge on any atom is -0.478 e. The Hall–Kier alpha value is -3.85. The maximum Gasteiger partial charge on any atom is 0.410 e. The Morgan fingerprint density at radius 2 is 1.67 bits per heavy atom. The molecule has 1 N–H and O–H groups in total. The summed E-state index contributed by atoms with van der Waals surface area (Å²) in [4.78, 5) is 42.5. The molecule has 1 saturated heterocycles. The summed E-state index contributed by atoms with van der Waals surface area (Å²) in [7, 11) is 0. The van der Waals surface area contributed by atoms with Crippen LogP contribution in [0.5, 0.6) is 0 Å². The predicted octanol–water partition coefficient (Wildman–Crippen LogP) is 7.23. The molecule has 2 aromatic carbocycles. The normalized spacial score (nSPS) is 17.7. The number of carboxylic acids is 1. The van der Waals surface area contributed by atoms with Gasteiger partial charge in [0.15, 0.2) is 0 Å². The molecule has 222 valence electrons. The van der Waals surface area contributed by atoms with Crippen LogP contribution >= 0.6 is 11.3 Å². The molecule has 9 heteroatoms. The highest BCUT2D eigenvalue weighted by molar-refractivity contribution is 7.10. The zero-order valence-electron chi connectivity index (χ0n) is 24.8. The number of nitrogens with zero attached hydrogens (tertiary/aromatic N) is 2. The number of aromatic carboxylic acids is 1. The van der Waals surface area contributed by atoms with Crippen LogP contribution < -0.4 is 0 Å². The van der Waals surface area contributed by atoms with Crippen LogP contribution in [0, 0.1) is 5.41 Å². The Morgan fingerprint density at radius 3 is 2.21 bits per heavy atom. The van der Waals surface area contributed by atoms with Crippen molar-refractivity contribution in [3.8, 4) is 11.1 Å². The number of rotatable bonds is 6. The van der Waals surface area contributed by atoms with Crippen LogP contribution in [0.15, 0.2) is 60.0 Å². The van der Waals surface area contributed by atoms with Crippen LogP contribution in [0.3, 0.4) is 0 Å². The van der Waals surface area contributed by atoms with Crippen LogP contribution in [0.4, 0.5) is 9.59 Å². The summed E-state index contributed by atoms with van der Waals surface area (Å²) < 4.78 is 11.7. The molecule has 2 aliphatic rings. The molecular formula is C33H38N2O6S. The third-order valence-electron chi connectivity index (χ3n) is 8.00. The molecule has 1 atom stereocenters. The molecule has 3 aromatic rings. The van der Waals surface area contributed by atoms with Gasteiger partial charge >= 0.3 is 18.2 Å². The molecule has 8 nitrogen and oxygen atoms in total. The zero-order chi connectivity index (χ0) is 30.2. The molecule has 1 fully saturated rings. The lowest BCUT2D eigenvalue weighted by atomic mass is 9.78. The van der Waals surface area contributed by atoms with Crippen molar-refractivity contribution in [3.63, 3.8) is 0 Å². The van der Waals surface area contributed by atoms with Crippen molar-refractivity contribution in [2.45, 2.75) is 65.1 Å². The fraction of sp³-hybridized carbons (Fsp3) is 0.424. The monoisotopic (exact) mass is 590 g/mol. The average Bonchev–Trinajstić information content (AvgIpc) is 3.52. The number of thiophene rings is 1. The summed E-state index contributed by atoms with van der Waals surface area (Å²) in [6.07, 6.45) is -0.287. The van der Waals surface area contributed by atoms with Gasteiger partial charge in [0.25, 0.3) is 0 Å². The third-order valence-corrected chi connectivity index (χ3v) is 8.92. The van der Waals surface area contributed by atoms with E-state index in [-0.39, 0.29) is 36.8 Å². The molecule has 2 heterocycles. The topological polar surface area (TPSA) is 96.4 Å². The quantitative estimate of drug-likeness (QED) is 0.325. The Bertz CT molecular complexity index is 1440. The van der Waals surface area contributed by atoms with Gasteiger partial charge in [-0.3, -0.25) is 4.90 Å². The van der Waals surface area contributed by atoms with E-state index in [0.29, 0.717) is 19.5 Å². The first kappa shape index (κ1) is 29.6. The highest BCUT2D eigenvalue weighted by atomic mass is 32.1. The number of carboxylic acid groups (broad SMARTS) is 1. The van der Waals surface area contributed by atoms with Gasteiger partial charge in [-0.05, 0) is 55.5 Å². The number of carbonyl (C=O) groups excluding carboxylic acids is 2. The van der Waals surface area contributed by atoms with Gasteiger partial charge in [-0.15, -0.1) is 11.3 Å². The number of ether oxygens (including phenoxy) is 2. The van der Waals surface area contributed by atoms with E-state index in [4.69, 9.17) is 9.47 Å². The minimum atomic E-state index is -1.00. The maximum absolute atomic E-state index is 13.9. The highest BCUT2D eigenvalue weighted by Gasteiger charge is 2.44. The summed E-state index contributed by atoms with van der Waals surface area (Å²) in [5.74, 6) is -1.08. The van der Waals surface area contributed by atoms with Crippen molar-refractivity contribution < 1.29 is 29.0 Å². The molecule has 1 aliphatic carbocycles. The fourth-order valence-electron chi connectivity index (χ4n) is 6.13. The van der Waals surface area contributed by atoms with E-state index in [2.05, 4.69) is 24.3 Å². The van der Waals surface area contributed by atoms with Gasteiger partial charge in [0, 0.05) is 40.7 Å². The number of carbonyl (C=O) groups is 3. The van der Waals surface area contributed by atoms with Gasteiger partial charge < -0.3 is 19.5 Å².